The number of hydrogen-bond donors (Lipinski definition) is 3. The number of nitrogens with one attached hydrogen (secondary N) is 1. The number of rotatable bonds is 5. The fourth-order valence-corrected chi connectivity index (χ4v) is 1.93. The van der Waals surface area contributed by atoms with E-state index < -0.39 is 17.9 Å². The minimum atomic E-state index is -1.26. The van der Waals surface area contributed by atoms with Crippen molar-refractivity contribution in [3.05, 3.63) is 0 Å². The van der Waals surface area contributed by atoms with Gasteiger partial charge in [0.1, 0.15) is 0 Å². The number of hydrogen-bond acceptors (Lipinski definition) is 5. The number of aliphatic hydroxyl groups excluding tert-OH is 1. The Labute approximate surface area is 101 Å². The molecule has 1 rings (SSSR count). The first-order valence-electron chi connectivity index (χ1n) is 5.92. The van der Waals surface area contributed by atoms with Gasteiger partial charge in [-0.05, 0) is 32.1 Å². The van der Waals surface area contributed by atoms with Crippen molar-refractivity contribution in [3.63, 3.8) is 0 Å². The largest absolute Gasteiger partial charge is 0.464 e. The molecule has 1 aliphatic carbocycles. The molecule has 3 unspecified atom stereocenters. The Morgan fingerprint density at radius 2 is 2.24 bits per heavy atom. The maximum absolute atomic E-state index is 11.5. The van der Waals surface area contributed by atoms with Gasteiger partial charge in [0.2, 0.25) is 5.91 Å². The van der Waals surface area contributed by atoms with E-state index in [2.05, 4.69) is 10.1 Å². The van der Waals surface area contributed by atoms with E-state index in [4.69, 9.17) is 5.73 Å². The highest BCUT2D eigenvalue weighted by atomic mass is 16.5. The number of amides is 1. The summed E-state index contributed by atoms with van der Waals surface area (Å²) >= 11 is 0. The zero-order valence-corrected chi connectivity index (χ0v) is 10.0. The molecule has 1 amide bonds. The molecule has 0 radical (unpaired) electrons. The van der Waals surface area contributed by atoms with Gasteiger partial charge in [-0.2, -0.15) is 0 Å². The molecule has 1 aliphatic rings. The Morgan fingerprint density at radius 1 is 1.53 bits per heavy atom. The zero-order chi connectivity index (χ0) is 12.8. The quantitative estimate of drug-likeness (QED) is 0.432. The molecule has 0 saturated heterocycles. The Balaban J connectivity index is 2.26. The second-order valence-electron chi connectivity index (χ2n) is 4.31. The van der Waals surface area contributed by atoms with E-state index in [0.29, 0.717) is 13.0 Å². The van der Waals surface area contributed by atoms with Crippen LogP contribution in [0.4, 0.5) is 0 Å². The summed E-state index contributed by atoms with van der Waals surface area (Å²) in [4.78, 5) is 22.7. The molecule has 0 aromatic rings. The van der Waals surface area contributed by atoms with Crippen molar-refractivity contribution in [1.29, 1.82) is 0 Å². The molecule has 1 saturated carbocycles. The van der Waals surface area contributed by atoms with Gasteiger partial charge < -0.3 is 20.9 Å². The fraction of sp³-hybridized carbons (Fsp3) is 0.818. The molecular weight excluding hydrogens is 224 g/mol. The third-order valence-electron chi connectivity index (χ3n) is 2.90. The maximum atomic E-state index is 11.5. The van der Waals surface area contributed by atoms with Crippen LogP contribution < -0.4 is 11.1 Å². The van der Waals surface area contributed by atoms with Crippen LogP contribution in [0.15, 0.2) is 0 Å². The van der Waals surface area contributed by atoms with E-state index >= 15 is 0 Å². The highest BCUT2D eigenvalue weighted by Gasteiger charge is 2.26. The van der Waals surface area contributed by atoms with Crippen LogP contribution in [-0.2, 0) is 14.3 Å². The molecule has 6 heteroatoms. The van der Waals surface area contributed by atoms with Crippen LogP contribution >= 0.6 is 0 Å². The summed E-state index contributed by atoms with van der Waals surface area (Å²) < 4.78 is 4.65. The van der Waals surface area contributed by atoms with E-state index in [0.717, 1.165) is 12.8 Å². The SMILES string of the molecule is CCOC(=O)C(N)C(=O)NCC1CCC(O)C1. The molecule has 0 heterocycles. The van der Waals surface area contributed by atoms with Gasteiger partial charge in [-0.15, -0.1) is 0 Å². The highest BCUT2D eigenvalue weighted by molar-refractivity contribution is 6.01. The molecule has 0 spiro atoms. The average Bonchev–Trinajstić information content (AvgIpc) is 2.71. The molecule has 6 nitrogen and oxygen atoms in total. The number of carbonyl (C=O) groups excluding carboxylic acids is 2. The Morgan fingerprint density at radius 3 is 2.76 bits per heavy atom. The van der Waals surface area contributed by atoms with E-state index in [1.165, 1.54) is 0 Å². The van der Waals surface area contributed by atoms with Crippen LogP contribution in [0, 0.1) is 5.92 Å². The molecule has 17 heavy (non-hydrogen) atoms. The van der Waals surface area contributed by atoms with Gasteiger partial charge in [-0.1, -0.05) is 0 Å². The van der Waals surface area contributed by atoms with Crippen molar-refractivity contribution >= 4 is 11.9 Å². The van der Waals surface area contributed by atoms with Gasteiger partial charge in [0.25, 0.3) is 0 Å². The van der Waals surface area contributed by atoms with Crippen molar-refractivity contribution in [3.8, 4) is 0 Å². The minimum Gasteiger partial charge on any atom is -0.464 e. The molecule has 4 N–H and O–H groups in total. The van der Waals surface area contributed by atoms with Crippen molar-refractivity contribution in [2.24, 2.45) is 11.7 Å². The lowest BCUT2D eigenvalue weighted by Crippen LogP contribution is -2.47. The molecule has 0 bridgehead atoms. The lowest BCUT2D eigenvalue weighted by Gasteiger charge is -2.14. The van der Waals surface area contributed by atoms with Gasteiger partial charge in [0.15, 0.2) is 6.04 Å². The summed E-state index contributed by atoms with van der Waals surface area (Å²) in [5.74, 6) is -0.968. The molecule has 1 fully saturated rings. The maximum Gasteiger partial charge on any atom is 0.332 e. The summed E-state index contributed by atoms with van der Waals surface area (Å²) in [5.41, 5.74) is 5.42. The van der Waals surface area contributed by atoms with Crippen LogP contribution in [0.1, 0.15) is 26.2 Å². The second-order valence-corrected chi connectivity index (χ2v) is 4.31. The highest BCUT2D eigenvalue weighted by Crippen LogP contribution is 2.24. The average molecular weight is 244 g/mol. The van der Waals surface area contributed by atoms with Crippen molar-refractivity contribution in [1.82, 2.24) is 5.32 Å². The van der Waals surface area contributed by atoms with Gasteiger partial charge in [0.05, 0.1) is 12.7 Å². The van der Waals surface area contributed by atoms with E-state index in [9.17, 15) is 14.7 Å². The Hall–Kier alpha value is -1.14. The standard InChI is InChI=1S/C11H20N2O4/c1-2-17-11(16)9(12)10(15)13-6-7-3-4-8(14)5-7/h7-9,14H,2-6,12H2,1H3,(H,13,15). The molecule has 0 aliphatic heterocycles. The van der Waals surface area contributed by atoms with Crippen LogP contribution in [-0.4, -0.2) is 42.3 Å². The summed E-state index contributed by atoms with van der Waals surface area (Å²) in [5, 5.41) is 11.9. The first-order chi connectivity index (χ1) is 8.04. The number of aliphatic hydroxyl groups is 1. The number of nitrogens with two attached hydrogens (primary N) is 1. The monoisotopic (exact) mass is 244 g/mol. The summed E-state index contributed by atoms with van der Waals surface area (Å²) in [6.07, 6.45) is 2.07. The number of esters is 1. The van der Waals surface area contributed by atoms with Crippen LogP contribution in [0.2, 0.25) is 0 Å². The first kappa shape index (κ1) is 13.9. The van der Waals surface area contributed by atoms with Gasteiger partial charge in [0, 0.05) is 6.54 Å². The Bertz CT molecular complexity index is 283. The predicted octanol–water partition coefficient (Wildman–Crippen LogP) is -0.846. The molecule has 98 valence electrons. The second kappa shape index (κ2) is 6.56. The van der Waals surface area contributed by atoms with Crippen LogP contribution in [0.25, 0.3) is 0 Å². The van der Waals surface area contributed by atoms with Crippen LogP contribution in [0.5, 0.6) is 0 Å². The van der Waals surface area contributed by atoms with Gasteiger partial charge in [-0.25, -0.2) is 4.79 Å². The summed E-state index contributed by atoms with van der Waals surface area (Å²) in [6.45, 7) is 2.31. The van der Waals surface area contributed by atoms with E-state index in [1.54, 1.807) is 6.92 Å². The normalized spacial score (nSPS) is 25.4. The summed E-state index contributed by atoms with van der Waals surface area (Å²) in [6, 6.07) is -1.26. The lowest BCUT2D eigenvalue weighted by atomic mass is 10.1. The summed E-state index contributed by atoms with van der Waals surface area (Å²) in [7, 11) is 0. The van der Waals surface area contributed by atoms with Crippen molar-refractivity contribution in [2.75, 3.05) is 13.2 Å². The van der Waals surface area contributed by atoms with E-state index in [-0.39, 0.29) is 18.6 Å². The van der Waals surface area contributed by atoms with E-state index in [1.807, 2.05) is 0 Å². The number of ether oxygens (including phenoxy) is 1. The molecular formula is C11H20N2O4. The first-order valence-corrected chi connectivity index (χ1v) is 5.92. The smallest absolute Gasteiger partial charge is 0.332 e. The Kier molecular flexibility index (Phi) is 5.37. The molecule has 0 aromatic heterocycles. The van der Waals surface area contributed by atoms with Crippen molar-refractivity contribution < 1.29 is 19.4 Å². The third-order valence-corrected chi connectivity index (χ3v) is 2.90. The predicted molar refractivity (Wildman–Crippen MR) is 61.0 cm³/mol. The number of carbonyl (C=O) groups is 2. The van der Waals surface area contributed by atoms with Crippen molar-refractivity contribution in [2.45, 2.75) is 38.3 Å². The molecule has 3 atom stereocenters. The topological polar surface area (TPSA) is 102 Å². The van der Waals surface area contributed by atoms with Gasteiger partial charge in [-0.3, -0.25) is 4.79 Å². The van der Waals surface area contributed by atoms with Crippen LogP contribution in [0.3, 0.4) is 0 Å². The zero-order valence-electron chi connectivity index (χ0n) is 10.0. The third kappa shape index (κ3) is 4.32. The minimum absolute atomic E-state index is 0.203. The van der Waals surface area contributed by atoms with Gasteiger partial charge >= 0.3 is 5.97 Å². The lowest BCUT2D eigenvalue weighted by molar-refractivity contribution is -0.148. The fourth-order valence-electron chi connectivity index (χ4n) is 1.93. The molecule has 0 aromatic carbocycles.